The zero-order chi connectivity index (χ0) is 22.6. The van der Waals surface area contributed by atoms with Gasteiger partial charge in [-0.05, 0) is 59.5 Å². The molecule has 7 heteroatoms. The van der Waals surface area contributed by atoms with Gasteiger partial charge in [-0.15, -0.1) is 0 Å². The van der Waals surface area contributed by atoms with E-state index in [0.717, 1.165) is 23.1 Å². The molecule has 0 saturated heterocycles. The van der Waals surface area contributed by atoms with Crippen molar-refractivity contribution >= 4 is 38.9 Å². The number of amides is 1. The lowest BCUT2D eigenvalue weighted by Gasteiger charge is -2.23. The number of sulfonamides is 1. The summed E-state index contributed by atoms with van der Waals surface area (Å²) in [7, 11) is -3.52. The van der Waals surface area contributed by atoms with Crippen LogP contribution >= 0.6 is 11.6 Å². The third-order valence-corrected chi connectivity index (χ3v) is 6.28. The Hall–Kier alpha value is -2.83. The van der Waals surface area contributed by atoms with Gasteiger partial charge in [0.2, 0.25) is 10.0 Å². The summed E-state index contributed by atoms with van der Waals surface area (Å²) in [4.78, 5) is 12.7. The Morgan fingerprint density at radius 2 is 1.58 bits per heavy atom. The van der Waals surface area contributed by atoms with Gasteiger partial charge in [-0.1, -0.05) is 55.8 Å². The highest BCUT2D eigenvalue weighted by Crippen LogP contribution is 2.25. The van der Waals surface area contributed by atoms with E-state index in [4.69, 9.17) is 11.6 Å². The number of carbonyl (C=O) groups is 1. The van der Waals surface area contributed by atoms with Crippen LogP contribution in [0.3, 0.4) is 0 Å². The van der Waals surface area contributed by atoms with Gasteiger partial charge < -0.3 is 5.32 Å². The van der Waals surface area contributed by atoms with Gasteiger partial charge in [0, 0.05) is 16.3 Å². The topological polar surface area (TPSA) is 66.5 Å². The molecule has 3 aromatic carbocycles. The summed E-state index contributed by atoms with van der Waals surface area (Å²) in [5, 5.41) is 3.54. The smallest absolute Gasteiger partial charge is 0.255 e. The predicted molar refractivity (Wildman–Crippen MR) is 127 cm³/mol. The minimum atomic E-state index is -3.52. The highest BCUT2D eigenvalue weighted by molar-refractivity contribution is 7.92. The first-order chi connectivity index (χ1) is 14.6. The van der Waals surface area contributed by atoms with Crippen molar-refractivity contribution in [1.82, 2.24) is 0 Å². The average molecular weight is 457 g/mol. The zero-order valence-electron chi connectivity index (χ0n) is 17.7. The van der Waals surface area contributed by atoms with Gasteiger partial charge in [0.15, 0.2) is 0 Å². The maximum absolute atomic E-state index is 12.7. The molecule has 0 aliphatic rings. The van der Waals surface area contributed by atoms with Crippen LogP contribution in [0.4, 0.5) is 11.4 Å². The van der Waals surface area contributed by atoms with Crippen LogP contribution in [0.15, 0.2) is 72.8 Å². The maximum atomic E-state index is 12.7. The Balaban J connectivity index is 1.81. The molecule has 0 aliphatic heterocycles. The van der Waals surface area contributed by atoms with E-state index in [1.54, 1.807) is 48.5 Å². The Labute approximate surface area is 188 Å². The van der Waals surface area contributed by atoms with Crippen molar-refractivity contribution in [3.8, 4) is 0 Å². The van der Waals surface area contributed by atoms with Crippen LogP contribution in [0.1, 0.15) is 41.3 Å². The summed E-state index contributed by atoms with van der Waals surface area (Å²) >= 11 is 5.92. The first-order valence-electron chi connectivity index (χ1n) is 9.87. The molecule has 0 aromatic heterocycles. The quantitative estimate of drug-likeness (QED) is 0.497. The molecule has 0 aliphatic carbocycles. The van der Waals surface area contributed by atoms with Crippen LogP contribution < -0.4 is 9.62 Å². The second kappa shape index (κ2) is 9.54. The molecule has 0 radical (unpaired) electrons. The lowest BCUT2D eigenvalue weighted by atomic mass is 10.0. The number of hydrogen-bond acceptors (Lipinski definition) is 3. The first kappa shape index (κ1) is 22.8. The maximum Gasteiger partial charge on any atom is 0.255 e. The minimum absolute atomic E-state index is 0.170. The minimum Gasteiger partial charge on any atom is -0.322 e. The first-order valence-corrected chi connectivity index (χ1v) is 12.1. The molecule has 31 heavy (non-hydrogen) atoms. The summed E-state index contributed by atoms with van der Waals surface area (Å²) in [5.74, 6) is 0.0262. The molecule has 0 bridgehead atoms. The van der Waals surface area contributed by atoms with Crippen molar-refractivity contribution in [2.75, 3.05) is 15.9 Å². The van der Waals surface area contributed by atoms with E-state index in [9.17, 15) is 13.2 Å². The molecule has 3 rings (SSSR count). The van der Waals surface area contributed by atoms with Crippen LogP contribution in [0, 0.1) is 0 Å². The highest BCUT2D eigenvalue weighted by atomic mass is 35.5. The normalized spacial score (nSPS) is 11.4. The van der Waals surface area contributed by atoms with Gasteiger partial charge in [0.05, 0.1) is 18.5 Å². The second-order valence-electron chi connectivity index (χ2n) is 7.64. The third-order valence-electron chi connectivity index (χ3n) is 4.89. The Morgan fingerprint density at radius 1 is 0.968 bits per heavy atom. The molecule has 0 saturated carbocycles. The highest BCUT2D eigenvalue weighted by Gasteiger charge is 2.19. The van der Waals surface area contributed by atoms with Crippen LogP contribution in [-0.2, 0) is 16.6 Å². The molecule has 1 N–H and O–H groups in total. The standard InChI is InChI=1S/C24H25ClN2O3S/c1-17(2)22-6-4-5-7-23(22)26-24(28)19-10-14-21(15-11-19)27(31(3,29)30)16-18-8-12-20(25)13-9-18/h4-15,17H,16H2,1-3H3,(H,26,28). The number of halogens is 1. The largest absolute Gasteiger partial charge is 0.322 e. The number of nitrogens with zero attached hydrogens (tertiary/aromatic N) is 1. The summed E-state index contributed by atoms with van der Waals surface area (Å²) in [6.45, 7) is 4.31. The summed E-state index contributed by atoms with van der Waals surface area (Å²) in [6, 6.07) is 21.2. The number of benzene rings is 3. The van der Waals surface area contributed by atoms with E-state index >= 15 is 0 Å². The van der Waals surface area contributed by atoms with Crippen molar-refractivity contribution < 1.29 is 13.2 Å². The van der Waals surface area contributed by atoms with Gasteiger partial charge >= 0.3 is 0 Å². The summed E-state index contributed by atoms with van der Waals surface area (Å²) in [6.07, 6.45) is 1.16. The van der Waals surface area contributed by atoms with E-state index in [1.807, 2.05) is 24.3 Å². The molecule has 0 fully saturated rings. The summed E-state index contributed by atoms with van der Waals surface area (Å²) < 4.78 is 26.1. The van der Waals surface area contributed by atoms with Crippen molar-refractivity contribution in [2.45, 2.75) is 26.3 Å². The van der Waals surface area contributed by atoms with Crippen molar-refractivity contribution in [2.24, 2.45) is 0 Å². The monoisotopic (exact) mass is 456 g/mol. The molecule has 3 aromatic rings. The number of hydrogen-bond donors (Lipinski definition) is 1. The van der Waals surface area contributed by atoms with Crippen molar-refractivity contribution in [1.29, 1.82) is 0 Å². The fraction of sp³-hybridized carbons (Fsp3) is 0.208. The molecule has 0 unspecified atom stereocenters. The second-order valence-corrected chi connectivity index (χ2v) is 9.98. The molecule has 5 nitrogen and oxygen atoms in total. The van der Waals surface area contributed by atoms with Crippen LogP contribution in [-0.4, -0.2) is 20.6 Å². The van der Waals surface area contributed by atoms with Gasteiger partial charge in [0.1, 0.15) is 0 Å². The van der Waals surface area contributed by atoms with Crippen LogP contribution in [0.2, 0.25) is 5.02 Å². The SMILES string of the molecule is CC(C)c1ccccc1NC(=O)c1ccc(N(Cc2ccc(Cl)cc2)S(C)(=O)=O)cc1. The van der Waals surface area contributed by atoms with E-state index < -0.39 is 10.0 Å². The number of carbonyl (C=O) groups excluding carboxylic acids is 1. The fourth-order valence-corrected chi connectivity index (χ4v) is 4.26. The zero-order valence-corrected chi connectivity index (χ0v) is 19.2. The van der Waals surface area contributed by atoms with Crippen LogP contribution in [0.5, 0.6) is 0 Å². The Kier molecular flexibility index (Phi) is 7.03. The Morgan fingerprint density at radius 3 is 2.16 bits per heavy atom. The molecule has 0 spiro atoms. The molecule has 1 amide bonds. The van der Waals surface area contributed by atoms with Crippen molar-refractivity contribution in [3.05, 3.63) is 94.5 Å². The van der Waals surface area contributed by atoms with E-state index in [1.165, 1.54) is 4.31 Å². The lowest BCUT2D eigenvalue weighted by molar-refractivity contribution is 0.102. The van der Waals surface area contributed by atoms with Crippen molar-refractivity contribution in [3.63, 3.8) is 0 Å². The van der Waals surface area contributed by atoms with Gasteiger partial charge in [-0.25, -0.2) is 8.42 Å². The number of rotatable bonds is 7. The van der Waals surface area contributed by atoms with Gasteiger partial charge in [0.25, 0.3) is 5.91 Å². The number of nitrogens with one attached hydrogen (secondary N) is 1. The number of para-hydroxylation sites is 1. The average Bonchev–Trinajstić information content (AvgIpc) is 2.73. The van der Waals surface area contributed by atoms with E-state index in [0.29, 0.717) is 16.3 Å². The van der Waals surface area contributed by atoms with Crippen LogP contribution in [0.25, 0.3) is 0 Å². The molecule has 0 heterocycles. The van der Waals surface area contributed by atoms with E-state index in [-0.39, 0.29) is 18.4 Å². The fourth-order valence-electron chi connectivity index (χ4n) is 3.24. The molecule has 162 valence electrons. The molecular weight excluding hydrogens is 432 g/mol. The summed E-state index contributed by atoms with van der Waals surface area (Å²) in [5.41, 5.74) is 3.56. The number of anilines is 2. The van der Waals surface area contributed by atoms with Gasteiger partial charge in [-0.2, -0.15) is 0 Å². The molecule has 0 atom stereocenters. The third kappa shape index (κ3) is 5.87. The predicted octanol–water partition coefficient (Wildman–Crippen LogP) is 5.68. The van der Waals surface area contributed by atoms with E-state index in [2.05, 4.69) is 19.2 Å². The van der Waals surface area contributed by atoms with Gasteiger partial charge in [-0.3, -0.25) is 9.10 Å². The molecular formula is C24H25ClN2O3S. The Bertz CT molecular complexity index is 1160. The lowest BCUT2D eigenvalue weighted by Crippen LogP contribution is -2.29.